The van der Waals surface area contributed by atoms with Crippen molar-refractivity contribution in [3.05, 3.63) is 34.9 Å². The number of amides is 3. The molecule has 24 heavy (non-hydrogen) atoms. The summed E-state index contributed by atoms with van der Waals surface area (Å²) in [6, 6.07) is 4.14. The van der Waals surface area contributed by atoms with Gasteiger partial charge >= 0.3 is 5.97 Å². The number of imide groups is 1. The Morgan fingerprint density at radius 2 is 2.00 bits per heavy atom. The Balaban J connectivity index is 1.78. The van der Waals surface area contributed by atoms with E-state index in [2.05, 4.69) is 5.32 Å². The summed E-state index contributed by atoms with van der Waals surface area (Å²) in [4.78, 5) is 48.3. The minimum atomic E-state index is -1.17. The topological polar surface area (TPSA) is 113 Å². The second kappa shape index (κ2) is 6.40. The molecule has 2 heterocycles. The van der Waals surface area contributed by atoms with Crippen molar-refractivity contribution in [1.29, 1.82) is 0 Å². The fourth-order valence-corrected chi connectivity index (χ4v) is 2.85. The van der Waals surface area contributed by atoms with Gasteiger partial charge in [-0.05, 0) is 31.0 Å². The number of carboxylic acids is 1. The number of nitrogens with zero attached hydrogens (tertiary/aromatic N) is 1. The van der Waals surface area contributed by atoms with Crippen molar-refractivity contribution >= 4 is 23.7 Å². The van der Waals surface area contributed by atoms with Crippen LogP contribution < -0.4 is 5.32 Å². The summed E-state index contributed by atoms with van der Waals surface area (Å²) >= 11 is 0. The van der Waals surface area contributed by atoms with Gasteiger partial charge in [-0.25, -0.2) is 0 Å². The fraction of sp³-hybridized carbons (Fsp3) is 0.375. The molecule has 1 fully saturated rings. The Labute approximate surface area is 137 Å². The molecule has 2 aliphatic heterocycles. The fourth-order valence-electron chi connectivity index (χ4n) is 2.85. The van der Waals surface area contributed by atoms with Crippen LogP contribution in [-0.4, -0.2) is 59.5 Å². The smallest absolute Gasteiger partial charge is 0.322 e. The van der Waals surface area contributed by atoms with Gasteiger partial charge in [0.1, 0.15) is 6.54 Å². The van der Waals surface area contributed by atoms with Crippen LogP contribution in [0.15, 0.2) is 18.2 Å². The van der Waals surface area contributed by atoms with E-state index in [0.717, 1.165) is 17.7 Å². The summed E-state index contributed by atoms with van der Waals surface area (Å²) in [6.45, 7) is 0.308. The molecule has 1 saturated heterocycles. The molecule has 0 saturated carbocycles. The van der Waals surface area contributed by atoms with Crippen LogP contribution in [0.25, 0.3) is 0 Å². The maximum absolute atomic E-state index is 12.5. The molecular weight excluding hydrogens is 316 g/mol. The number of rotatable bonds is 5. The molecule has 3 rings (SSSR count). The molecule has 2 aliphatic rings. The molecule has 8 nitrogen and oxygen atoms in total. The summed E-state index contributed by atoms with van der Waals surface area (Å²) in [5.41, 5.74) is 0.531. The molecule has 1 atom stereocenters. The summed E-state index contributed by atoms with van der Waals surface area (Å²) in [5, 5.41) is 10.8. The monoisotopic (exact) mass is 332 g/mol. The number of ether oxygens (including phenoxy) is 1. The van der Waals surface area contributed by atoms with E-state index in [0.29, 0.717) is 6.61 Å². The number of carboxylic acid groups (broad SMARTS) is 1. The molecule has 1 aromatic carbocycles. The zero-order valence-electron chi connectivity index (χ0n) is 12.8. The summed E-state index contributed by atoms with van der Waals surface area (Å²) in [7, 11) is 0. The molecule has 0 bridgehead atoms. The third kappa shape index (κ3) is 3.00. The average Bonchev–Trinajstić information content (AvgIpc) is 3.15. The third-order valence-electron chi connectivity index (χ3n) is 4.04. The molecule has 0 aromatic heterocycles. The largest absolute Gasteiger partial charge is 0.480 e. The van der Waals surface area contributed by atoms with Crippen LogP contribution in [0.1, 0.15) is 43.9 Å². The standard InChI is InChI=1S/C16H16N2O6/c19-13(20)7-17-14(21)9-3-4-11-12(6-9)16(23)18(15(11)22)8-10-2-1-5-24-10/h3-4,6,10H,1-2,5,7-8H2,(H,17,21)(H,19,20). The summed E-state index contributed by atoms with van der Waals surface area (Å²) in [5.74, 6) is -2.64. The maximum atomic E-state index is 12.5. The van der Waals surface area contributed by atoms with Crippen LogP contribution in [0.5, 0.6) is 0 Å². The van der Waals surface area contributed by atoms with Crippen molar-refractivity contribution in [3.63, 3.8) is 0 Å². The third-order valence-corrected chi connectivity index (χ3v) is 4.04. The van der Waals surface area contributed by atoms with Crippen molar-refractivity contribution in [2.45, 2.75) is 18.9 Å². The van der Waals surface area contributed by atoms with Gasteiger partial charge in [0.05, 0.1) is 23.8 Å². The number of aliphatic carboxylic acids is 1. The van der Waals surface area contributed by atoms with Crippen molar-refractivity contribution in [2.75, 3.05) is 19.7 Å². The first kappa shape index (κ1) is 16.1. The zero-order valence-corrected chi connectivity index (χ0v) is 12.8. The maximum Gasteiger partial charge on any atom is 0.322 e. The SMILES string of the molecule is O=C(O)CNC(=O)c1ccc2c(c1)C(=O)N(CC1CCCO1)C2=O. The van der Waals surface area contributed by atoms with Crippen LogP contribution in [0, 0.1) is 0 Å². The number of benzene rings is 1. The number of hydrogen-bond acceptors (Lipinski definition) is 5. The molecule has 0 radical (unpaired) electrons. The highest BCUT2D eigenvalue weighted by molar-refractivity contribution is 6.22. The number of fused-ring (bicyclic) bond motifs is 1. The van der Waals surface area contributed by atoms with E-state index >= 15 is 0 Å². The molecule has 126 valence electrons. The van der Waals surface area contributed by atoms with Gasteiger partial charge in [-0.3, -0.25) is 24.1 Å². The highest BCUT2D eigenvalue weighted by Crippen LogP contribution is 2.26. The van der Waals surface area contributed by atoms with E-state index in [-0.39, 0.29) is 29.3 Å². The van der Waals surface area contributed by atoms with Gasteiger partial charge in [0.15, 0.2) is 0 Å². The zero-order chi connectivity index (χ0) is 17.3. The molecule has 1 aromatic rings. The lowest BCUT2D eigenvalue weighted by atomic mass is 10.1. The van der Waals surface area contributed by atoms with Gasteiger partial charge in [-0.1, -0.05) is 0 Å². The Morgan fingerprint density at radius 3 is 2.67 bits per heavy atom. The normalized spacial score (nSPS) is 19.5. The minimum Gasteiger partial charge on any atom is -0.480 e. The van der Waals surface area contributed by atoms with Crippen molar-refractivity contribution < 1.29 is 29.0 Å². The van der Waals surface area contributed by atoms with Gasteiger partial charge < -0.3 is 15.2 Å². The van der Waals surface area contributed by atoms with Crippen molar-refractivity contribution in [3.8, 4) is 0 Å². The van der Waals surface area contributed by atoms with E-state index in [4.69, 9.17) is 9.84 Å². The molecule has 3 amide bonds. The van der Waals surface area contributed by atoms with E-state index in [9.17, 15) is 19.2 Å². The van der Waals surface area contributed by atoms with Crippen LogP contribution in [0.3, 0.4) is 0 Å². The van der Waals surface area contributed by atoms with Gasteiger partial charge in [-0.2, -0.15) is 0 Å². The van der Waals surface area contributed by atoms with E-state index < -0.39 is 30.2 Å². The van der Waals surface area contributed by atoms with Crippen molar-refractivity contribution in [2.24, 2.45) is 0 Å². The summed E-state index contributed by atoms with van der Waals surface area (Å²) in [6.07, 6.45) is 1.56. The lowest BCUT2D eigenvalue weighted by molar-refractivity contribution is -0.135. The molecular formula is C16H16N2O6. The van der Waals surface area contributed by atoms with E-state index in [1.54, 1.807) is 0 Å². The first-order chi connectivity index (χ1) is 11.5. The predicted octanol–water partition coefficient (Wildman–Crippen LogP) is 0.276. The van der Waals surface area contributed by atoms with Gasteiger partial charge in [-0.15, -0.1) is 0 Å². The minimum absolute atomic E-state index is 0.134. The molecule has 2 N–H and O–H groups in total. The van der Waals surface area contributed by atoms with Crippen LogP contribution in [0.4, 0.5) is 0 Å². The van der Waals surface area contributed by atoms with Crippen LogP contribution in [-0.2, 0) is 9.53 Å². The van der Waals surface area contributed by atoms with Gasteiger partial charge in [0.2, 0.25) is 0 Å². The highest BCUT2D eigenvalue weighted by Gasteiger charge is 2.37. The van der Waals surface area contributed by atoms with Crippen molar-refractivity contribution in [1.82, 2.24) is 10.2 Å². The van der Waals surface area contributed by atoms with Crippen LogP contribution in [0.2, 0.25) is 0 Å². The quantitative estimate of drug-likeness (QED) is 0.749. The van der Waals surface area contributed by atoms with Gasteiger partial charge in [0.25, 0.3) is 17.7 Å². The lowest BCUT2D eigenvalue weighted by Gasteiger charge is -2.17. The Morgan fingerprint density at radius 1 is 1.25 bits per heavy atom. The second-order valence-electron chi connectivity index (χ2n) is 5.69. The first-order valence-corrected chi connectivity index (χ1v) is 7.59. The Kier molecular flexibility index (Phi) is 4.30. The Hall–Kier alpha value is -2.74. The summed E-state index contributed by atoms with van der Waals surface area (Å²) < 4.78 is 5.46. The lowest BCUT2D eigenvalue weighted by Crippen LogP contribution is -2.36. The van der Waals surface area contributed by atoms with Gasteiger partial charge in [0, 0.05) is 12.2 Å². The number of carbonyl (C=O) groups excluding carboxylic acids is 3. The molecule has 8 heteroatoms. The number of nitrogens with one attached hydrogen (secondary N) is 1. The van der Waals surface area contributed by atoms with Crippen LogP contribution >= 0.6 is 0 Å². The Bertz CT molecular complexity index is 723. The second-order valence-corrected chi connectivity index (χ2v) is 5.69. The first-order valence-electron chi connectivity index (χ1n) is 7.59. The molecule has 1 unspecified atom stereocenters. The van der Waals surface area contributed by atoms with E-state index in [1.165, 1.54) is 18.2 Å². The van der Waals surface area contributed by atoms with E-state index in [1.807, 2.05) is 0 Å². The average molecular weight is 332 g/mol. The predicted molar refractivity (Wildman–Crippen MR) is 80.8 cm³/mol. The highest BCUT2D eigenvalue weighted by atomic mass is 16.5. The molecule has 0 aliphatic carbocycles. The molecule has 0 spiro atoms. The number of carbonyl (C=O) groups is 4. The number of hydrogen-bond donors (Lipinski definition) is 2.